The Hall–Kier alpha value is -1.34. The molecule has 0 aliphatic carbocycles. The average Bonchev–Trinajstić information content (AvgIpc) is 2.88. The molecule has 0 spiro atoms. The Balaban J connectivity index is 2.42. The van der Waals surface area contributed by atoms with E-state index in [9.17, 15) is 4.79 Å². The molecule has 1 aliphatic heterocycles. The molecule has 1 aliphatic rings. The van der Waals surface area contributed by atoms with E-state index in [0.717, 1.165) is 19.3 Å². The van der Waals surface area contributed by atoms with Crippen LogP contribution in [-0.4, -0.2) is 49.6 Å². The molecule has 1 saturated heterocycles. The van der Waals surface area contributed by atoms with Gasteiger partial charge in [-0.15, -0.1) is 0 Å². The van der Waals surface area contributed by atoms with Gasteiger partial charge in [0.05, 0.1) is 25.1 Å². The van der Waals surface area contributed by atoms with E-state index >= 15 is 0 Å². The van der Waals surface area contributed by atoms with Crippen LogP contribution in [0.4, 0.5) is 4.79 Å². The topological polar surface area (TPSA) is 95.2 Å². The number of hydrogen-bond acceptors (Lipinski definition) is 5. The molecule has 0 aromatic carbocycles. The van der Waals surface area contributed by atoms with Gasteiger partial charge >= 0.3 is 6.09 Å². The largest absolute Gasteiger partial charge is 0.444 e. The molecule has 0 radical (unpaired) electrons. The minimum Gasteiger partial charge on any atom is -0.444 e. The van der Waals surface area contributed by atoms with E-state index in [-0.39, 0.29) is 6.04 Å². The Morgan fingerprint density at radius 3 is 2.55 bits per heavy atom. The van der Waals surface area contributed by atoms with Gasteiger partial charge in [0.15, 0.2) is 6.29 Å². The molecule has 0 saturated carbocycles. The first-order valence-corrected chi connectivity index (χ1v) is 7.77. The molecular weight excluding hydrogens is 286 g/mol. The maximum Gasteiger partial charge on any atom is 0.408 e. The van der Waals surface area contributed by atoms with Crippen molar-refractivity contribution in [3.63, 3.8) is 0 Å². The van der Waals surface area contributed by atoms with Crippen LogP contribution in [0.3, 0.4) is 0 Å². The molecule has 3 N–H and O–H groups in total. The summed E-state index contributed by atoms with van der Waals surface area (Å²) in [5.41, 5.74) is 4.97. The lowest BCUT2D eigenvalue weighted by molar-refractivity contribution is -0.0703. The van der Waals surface area contributed by atoms with E-state index in [1.54, 1.807) is 6.92 Å². The number of amidine groups is 1. The number of ether oxygens (including phenoxy) is 3. The summed E-state index contributed by atoms with van der Waals surface area (Å²) in [6, 6.07) is -0.222. The molecule has 1 heterocycles. The zero-order valence-corrected chi connectivity index (χ0v) is 14.1. The number of nitrogens with one attached hydrogen (secondary N) is 1. The fourth-order valence-electron chi connectivity index (χ4n) is 2.08. The lowest BCUT2D eigenvalue weighted by atomic mass is 10.1. The summed E-state index contributed by atoms with van der Waals surface area (Å²) in [7, 11) is 0. The number of unbranched alkanes of at least 4 members (excludes halogenated alkanes) is 1. The van der Waals surface area contributed by atoms with E-state index in [2.05, 4.69) is 10.3 Å². The van der Waals surface area contributed by atoms with Gasteiger partial charge < -0.3 is 25.3 Å². The molecule has 7 nitrogen and oxygen atoms in total. The van der Waals surface area contributed by atoms with E-state index in [4.69, 9.17) is 19.9 Å². The molecule has 1 unspecified atom stereocenters. The normalized spacial score (nSPS) is 18.3. The summed E-state index contributed by atoms with van der Waals surface area (Å²) in [5, 5.41) is 2.84. The van der Waals surface area contributed by atoms with Crippen LogP contribution < -0.4 is 11.1 Å². The summed E-state index contributed by atoms with van der Waals surface area (Å²) in [4.78, 5) is 16.1. The van der Waals surface area contributed by atoms with Crippen molar-refractivity contribution in [1.29, 1.82) is 0 Å². The van der Waals surface area contributed by atoms with E-state index in [1.807, 2.05) is 20.8 Å². The second-order valence-electron chi connectivity index (χ2n) is 6.38. The van der Waals surface area contributed by atoms with Gasteiger partial charge in [0, 0.05) is 6.54 Å². The first kappa shape index (κ1) is 18.7. The average molecular weight is 315 g/mol. The number of alkyl carbamates (subject to hydrolysis) is 1. The third-order valence-corrected chi connectivity index (χ3v) is 2.96. The minimum atomic E-state index is -0.528. The Bertz CT molecular complexity index is 369. The quantitative estimate of drug-likeness (QED) is 0.424. The molecule has 1 atom stereocenters. The second-order valence-corrected chi connectivity index (χ2v) is 6.38. The van der Waals surface area contributed by atoms with Gasteiger partial charge in [0.2, 0.25) is 0 Å². The second kappa shape index (κ2) is 8.95. The number of carbonyl (C=O) groups excluding carboxylic acids is 1. The smallest absolute Gasteiger partial charge is 0.408 e. The van der Waals surface area contributed by atoms with Gasteiger partial charge in [-0.2, -0.15) is 0 Å². The van der Waals surface area contributed by atoms with Crippen LogP contribution in [-0.2, 0) is 14.2 Å². The molecular formula is C15H29N3O4. The molecule has 1 fully saturated rings. The number of rotatable bonds is 7. The van der Waals surface area contributed by atoms with Crippen molar-refractivity contribution >= 4 is 11.9 Å². The highest BCUT2D eigenvalue weighted by Crippen LogP contribution is 2.15. The van der Waals surface area contributed by atoms with E-state index in [1.165, 1.54) is 0 Å². The van der Waals surface area contributed by atoms with Crippen LogP contribution in [0.1, 0.15) is 47.0 Å². The summed E-state index contributed by atoms with van der Waals surface area (Å²) >= 11 is 0. The zero-order chi connectivity index (χ0) is 16.6. The highest BCUT2D eigenvalue weighted by Gasteiger charge is 2.29. The number of hydrogen-bond donors (Lipinski definition) is 2. The summed E-state index contributed by atoms with van der Waals surface area (Å²) in [6.45, 7) is 9.05. The Labute approximate surface area is 132 Å². The van der Waals surface area contributed by atoms with E-state index in [0.29, 0.717) is 25.6 Å². The summed E-state index contributed by atoms with van der Waals surface area (Å²) in [6.07, 6.45) is 1.66. The van der Waals surface area contributed by atoms with Crippen LogP contribution >= 0.6 is 0 Å². The molecule has 0 aromatic rings. The van der Waals surface area contributed by atoms with Crippen LogP contribution in [0.2, 0.25) is 0 Å². The molecule has 1 amide bonds. The van der Waals surface area contributed by atoms with E-state index < -0.39 is 18.0 Å². The van der Waals surface area contributed by atoms with Crippen molar-refractivity contribution in [3.05, 3.63) is 0 Å². The van der Waals surface area contributed by atoms with Gasteiger partial charge in [0.25, 0.3) is 0 Å². The van der Waals surface area contributed by atoms with Gasteiger partial charge in [-0.3, -0.25) is 4.99 Å². The minimum absolute atomic E-state index is 0.222. The van der Waals surface area contributed by atoms with Crippen LogP contribution in [0.5, 0.6) is 0 Å². The third-order valence-electron chi connectivity index (χ3n) is 2.96. The fraction of sp³-hybridized carbons (Fsp3) is 0.867. The van der Waals surface area contributed by atoms with Crippen LogP contribution in [0.25, 0.3) is 0 Å². The SMILES string of the molecule is CC(N)=NCCCCC(NC(=O)OC(C)(C)C)C1OCCO1. The maximum atomic E-state index is 11.9. The number of nitrogens with zero attached hydrogens (tertiary/aromatic N) is 1. The fourth-order valence-corrected chi connectivity index (χ4v) is 2.08. The van der Waals surface area contributed by atoms with Crippen LogP contribution in [0, 0.1) is 0 Å². The predicted octanol–water partition coefficient (Wildman–Crippen LogP) is 1.80. The number of carbonyl (C=O) groups is 1. The number of aliphatic imine (C=N–C) groups is 1. The molecule has 1 rings (SSSR count). The standard InChI is InChI=1S/C15H29N3O4/c1-11(16)17-8-6-5-7-12(13-20-9-10-21-13)18-14(19)22-15(2,3)4/h12-13H,5-10H2,1-4H3,(H2,16,17)(H,18,19). The molecule has 0 aromatic heterocycles. The lowest BCUT2D eigenvalue weighted by Crippen LogP contribution is -2.45. The lowest BCUT2D eigenvalue weighted by Gasteiger charge is -2.26. The highest BCUT2D eigenvalue weighted by atomic mass is 16.7. The van der Waals surface area contributed by atoms with Crippen molar-refractivity contribution in [2.75, 3.05) is 19.8 Å². The van der Waals surface area contributed by atoms with Crippen molar-refractivity contribution < 1.29 is 19.0 Å². The highest BCUT2D eigenvalue weighted by molar-refractivity contribution is 5.77. The third kappa shape index (κ3) is 8.19. The van der Waals surface area contributed by atoms with Gasteiger partial charge in [-0.05, 0) is 47.0 Å². The molecule has 7 heteroatoms. The van der Waals surface area contributed by atoms with Gasteiger partial charge in [-0.1, -0.05) is 0 Å². The van der Waals surface area contributed by atoms with Crippen molar-refractivity contribution in [1.82, 2.24) is 5.32 Å². The van der Waals surface area contributed by atoms with Crippen molar-refractivity contribution in [2.45, 2.75) is 64.9 Å². The maximum absolute atomic E-state index is 11.9. The molecule has 22 heavy (non-hydrogen) atoms. The predicted molar refractivity (Wildman–Crippen MR) is 84.9 cm³/mol. The molecule has 0 bridgehead atoms. The van der Waals surface area contributed by atoms with Crippen molar-refractivity contribution in [3.8, 4) is 0 Å². The summed E-state index contributed by atoms with van der Waals surface area (Å²) in [5.74, 6) is 0.589. The van der Waals surface area contributed by atoms with Gasteiger partial charge in [-0.25, -0.2) is 4.79 Å². The number of nitrogens with two attached hydrogens (primary N) is 1. The number of amides is 1. The Kier molecular flexibility index (Phi) is 7.61. The zero-order valence-electron chi connectivity index (χ0n) is 14.1. The first-order valence-electron chi connectivity index (χ1n) is 7.77. The Morgan fingerprint density at radius 1 is 1.36 bits per heavy atom. The monoisotopic (exact) mass is 315 g/mol. The van der Waals surface area contributed by atoms with Crippen LogP contribution in [0.15, 0.2) is 4.99 Å². The summed E-state index contributed by atoms with van der Waals surface area (Å²) < 4.78 is 16.3. The van der Waals surface area contributed by atoms with Crippen molar-refractivity contribution in [2.24, 2.45) is 10.7 Å². The first-order chi connectivity index (χ1) is 10.3. The van der Waals surface area contributed by atoms with Gasteiger partial charge in [0.1, 0.15) is 5.60 Å². The Morgan fingerprint density at radius 2 is 2.00 bits per heavy atom. The molecule has 128 valence electrons.